The summed E-state index contributed by atoms with van der Waals surface area (Å²) in [6.45, 7) is 2.45. The molecule has 0 fully saturated rings. The van der Waals surface area contributed by atoms with Gasteiger partial charge < -0.3 is 5.73 Å². The van der Waals surface area contributed by atoms with Crippen LogP contribution in [0.5, 0.6) is 0 Å². The maximum absolute atomic E-state index is 10.4. The molecule has 2 N–H and O–H groups in total. The van der Waals surface area contributed by atoms with E-state index < -0.39 is 21.5 Å². The second-order valence-electron chi connectivity index (χ2n) is 1.29. The zero-order valence-electron chi connectivity index (χ0n) is 4.70. The molecule has 0 amide bonds. The van der Waals surface area contributed by atoms with E-state index in [1.165, 1.54) is 0 Å². The van der Waals surface area contributed by atoms with Crippen molar-refractivity contribution in [3.05, 3.63) is 12.0 Å². The van der Waals surface area contributed by atoms with E-state index in [9.17, 15) is 13.2 Å². The maximum atomic E-state index is 10.4. The molecule has 0 aliphatic carbocycles. The Morgan fingerprint density at radius 1 is 1.67 bits per heavy atom. The predicted octanol–water partition coefficient (Wildman–Crippen LogP) is -0.970. The molecule has 0 heterocycles. The molecule has 0 aliphatic rings. The third-order valence-corrected chi connectivity index (χ3v) is 1.94. The largest absolute Gasteiger partial charge is 0.323 e. The van der Waals surface area contributed by atoms with Crippen LogP contribution in [-0.2, 0) is 14.6 Å². The van der Waals surface area contributed by atoms with Crippen LogP contribution >= 0.6 is 0 Å². The minimum Gasteiger partial charge on any atom is -0.323 e. The highest BCUT2D eigenvalue weighted by molar-refractivity contribution is 8.08. The van der Waals surface area contributed by atoms with Crippen molar-refractivity contribution in [2.45, 2.75) is 0 Å². The van der Waals surface area contributed by atoms with E-state index in [1.807, 2.05) is 0 Å². The highest BCUT2D eigenvalue weighted by Gasteiger charge is 2.14. The van der Waals surface area contributed by atoms with E-state index in [1.54, 1.807) is 0 Å². The molecule has 5 heteroatoms. The Morgan fingerprint density at radius 2 is 2.11 bits per heavy atom. The van der Waals surface area contributed by atoms with Gasteiger partial charge in [0.25, 0.3) is 5.12 Å². The van der Waals surface area contributed by atoms with Gasteiger partial charge in [-0.05, 0) is 0 Å². The first-order chi connectivity index (χ1) is 4.04. The van der Waals surface area contributed by atoms with Crippen LogP contribution in [0.25, 0.3) is 0 Å². The highest BCUT2D eigenvalue weighted by atomic mass is 32.2. The van der Waals surface area contributed by atoms with Crippen molar-refractivity contribution < 1.29 is 13.2 Å². The van der Waals surface area contributed by atoms with E-state index in [4.69, 9.17) is 5.73 Å². The number of carbonyl (C=O) groups is 1. The lowest BCUT2D eigenvalue weighted by molar-refractivity contribution is -0.110. The first-order valence-electron chi connectivity index (χ1n) is 2.15. The van der Waals surface area contributed by atoms with Crippen LogP contribution < -0.4 is 5.73 Å². The molecule has 4 nitrogen and oxygen atoms in total. The summed E-state index contributed by atoms with van der Waals surface area (Å²) in [5.41, 5.74) is 4.76. The fourth-order valence-corrected chi connectivity index (χ4v) is 0.627. The molecule has 0 aromatic heterocycles. The molecule has 0 atom stereocenters. The van der Waals surface area contributed by atoms with Gasteiger partial charge in [0.15, 0.2) is 0 Å². The number of nitrogens with two attached hydrogens (primary N) is 1. The molecule has 0 bridgehead atoms. The zero-order chi connectivity index (χ0) is 7.49. The smallest absolute Gasteiger partial charge is 0.263 e. The van der Waals surface area contributed by atoms with Gasteiger partial charge in [-0.25, -0.2) is 8.42 Å². The Bertz CT molecular complexity index is 216. The van der Waals surface area contributed by atoms with Gasteiger partial charge in [-0.15, -0.1) is 0 Å². The first-order valence-corrected chi connectivity index (χ1v) is 3.69. The topological polar surface area (TPSA) is 77.2 Å². The molecular weight excluding hydrogens is 142 g/mol. The minimum atomic E-state index is -3.75. The Balaban J connectivity index is 4.56. The number of hydrogen-bond acceptors (Lipinski definition) is 4. The molecule has 0 rings (SSSR count). The van der Waals surface area contributed by atoms with Crippen LogP contribution in [0.2, 0.25) is 0 Å². The number of carbonyl (C=O) groups excluding carboxylic acids is 1. The third kappa shape index (κ3) is 1.95. The van der Waals surface area contributed by atoms with Crippen molar-refractivity contribution in [3.63, 3.8) is 0 Å². The summed E-state index contributed by atoms with van der Waals surface area (Å²) in [6.07, 6.45) is 0. The van der Waals surface area contributed by atoms with Gasteiger partial charge >= 0.3 is 0 Å². The molecule has 0 aliphatic heterocycles. The molecule has 0 saturated heterocycles. The van der Waals surface area contributed by atoms with Crippen molar-refractivity contribution in [1.82, 2.24) is 0 Å². The van der Waals surface area contributed by atoms with Gasteiger partial charge in [-0.1, -0.05) is 6.58 Å². The van der Waals surface area contributed by atoms with E-state index in [0.717, 1.165) is 0 Å². The third-order valence-electron chi connectivity index (χ3n) is 0.703. The average Bonchev–Trinajstić information content (AvgIpc) is 1.86. The summed E-state index contributed by atoms with van der Waals surface area (Å²) in [5.74, 6) is 0. The predicted molar refractivity (Wildman–Crippen MR) is 33.2 cm³/mol. The van der Waals surface area contributed by atoms with Crippen molar-refractivity contribution in [1.29, 1.82) is 0 Å². The molecule has 0 aromatic rings. The van der Waals surface area contributed by atoms with Gasteiger partial charge in [0.2, 0.25) is 9.84 Å². The fourth-order valence-electron chi connectivity index (χ4n) is 0.209. The van der Waals surface area contributed by atoms with Crippen LogP contribution in [0.1, 0.15) is 0 Å². The van der Waals surface area contributed by atoms with Gasteiger partial charge in [-0.2, -0.15) is 0 Å². The van der Waals surface area contributed by atoms with Gasteiger partial charge in [0.1, 0.15) is 0 Å². The van der Waals surface area contributed by atoms with Gasteiger partial charge in [0.05, 0.1) is 6.54 Å². The van der Waals surface area contributed by atoms with Crippen molar-refractivity contribution >= 4 is 15.0 Å². The van der Waals surface area contributed by atoms with Crippen molar-refractivity contribution in [3.8, 4) is 0 Å². The van der Waals surface area contributed by atoms with Crippen LogP contribution in [0.15, 0.2) is 12.0 Å². The van der Waals surface area contributed by atoms with Gasteiger partial charge in [-0.3, -0.25) is 4.79 Å². The van der Waals surface area contributed by atoms with Crippen LogP contribution in [0, 0.1) is 0 Å². The second-order valence-corrected chi connectivity index (χ2v) is 3.17. The Kier molecular flexibility index (Phi) is 2.54. The van der Waals surface area contributed by atoms with Crippen LogP contribution in [0.4, 0.5) is 0 Å². The quantitative estimate of drug-likeness (QED) is 0.548. The molecule has 0 saturated carbocycles. The normalized spacial score (nSPS) is 10.8. The summed E-state index contributed by atoms with van der Waals surface area (Å²) < 4.78 is 20.8. The second kappa shape index (κ2) is 2.75. The Hall–Kier alpha value is -0.680. The van der Waals surface area contributed by atoms with Crippen LogP contribution in [-0.4, -0.2) is 20.1 Å². The minimum absolute atomic E-state index is 0.492. The molecule has 9 heavy (non-hydrogen) atoms. The number of rotatable bonds is 2. The molecule has 0 unspecified atom stereocenters. The van der Waals surface area contributed by atoms with Crippen molar-refractivity contribution in [2.24, 2.45) is 5.73 Å². The SMILES string of the molecule is C=CS(=O)(=O)C(=O)CN. The standard InChI is InChI=1S/C4H7NO3S/c1-2-9(7,8)4(6)3-5/h2H,1,3,5H2. The Labute approximate surface area is 53.3 Å². The van der Waals surface area contributed by atoms with E-state index in [2.05, 4.69) is 6.58 Å². The molecule has 52 valence electrons. The molecule has 0 spiro atoms. The lowest BCUT2D eigenvalue weighted by Gasteiger charge is -1.89. The lowest BCUT2D eigenvalue weighted by atomic mass is 10.8. The average molecular weight is 149 g/mol. The van der Waals surface area contributed by atoms with E-state index >= 15 is 0 Å². The number of hydrogen-bond donors (Lipinski definition) is 1. The highest BCUT2D eigenvalue weighted by Crippen LogP contribution is 1.89. The molecule has 0 radical (unpaired) electrons. The fraction of sp³-hybridized carbons (Fsp3) is 0.250. The Morgan fingerprint density at radius 3 is 2.22 bits per heavy atom. The maximum Gasteiger partial charge on any atom is 0.263 e. The zero-order valence-corrected chi connectivity index (χ0v) is 5.52. The summed E-state index contributed by atoms with van der Waals surface area (Å²) in [5, 5.41) is -0.417. The number of sulfone groups is 1. The molecule has 0 aromatic carbocycles. The van der Waals surface area contributed by atoms with Gasteiger partial charge in [0, 0.05) is 5.41 Å². The summed E-state index contributed by atoms with van der Waals surface area (Å²) in [7, 11) is -3.75. The lowest BCUT2D eigenvalue weighted by Crippen LogP contribution is -2.21. The molecular formula is C4H7NO3S. The summed E-state index contributed by atoms with van der Waals surface area (Å²) in [6, 6.07) is 0. The summed E-state index contributed by atoms with van der Waals surface area (Å²) in [4.78, 5) is 10.3. The van der Waals surface area contributed by atoms with Crippen molar-refractivity contribution in [2.75, 3.05) is 6.54 Å². The summed E-state index contributed by atoms with van der Waals surface area (Å²) >= 11 is 0. The monoisotopic (exact) mass is 149 g/mol. The van der Waals surface area contributed by atoms with E-state index in [0.29, 0.717) is 5.41 Å². The van der Waals surface area contributed by atoms with Crippen LogP contribution in [0.3, 0.4) is 0 Å². The van der Waals surface area contributed by atoms with E-state index in [-0.39, 0.29) is 0 Å². The first kappa shape index (κ1) is 8.32.